The molecule has 1 saturated heterocycles. The van der Waals surface area contributed by atoms with Crippen LogP contribution in [-0.4, -0.2) is 18.6 Å². The van der Waals surface area contributed by atoms with Gasteiger partial charge in [0.2, 0.25) is 0 Å². The molecule has 1 aliphatic heterocycles. The van der Waals surface area contributed by atoms with Crippen molar-refractivity contribution in [2.75, 3.05) is 11.9 Å². The highest BCUT2D eigenvalue weighted by Gasteiger charge is 2.24. The van der Waals surface area contributed by atoms with Crippen molar-refractivity contribution >= 4 is 11.6 Å². The molecule has 0 bridgehead atoms. The summed E-state index contributed by atoms with van der Waals surface area (Å²) in [6.45, 7) is 5.03. The first-order valence-corrected chi connectivity index (χ1v) is 6.73. The van der Waals surface area contributed by atoms with Crippen molar-refractivity contribution in [3.63, 3.8) is 0 Å². The molecule has 1 aromatic rings. The van der Waals surface area contributed by atoms with Gasteiger partial charge in [-0.25, -0.2) is 0 Å². The molecule has 3 nitrogen and oxygen atoms in total. The van der Waals surface area contributed by atoms with Crippen molar-refractivity contribution in [1.29, 1.82) is 0 Å². The standard InChI is InChI=1S/C15H21NO2/c1-3-11(2)12-7-4-5-8-13(12)16-15(17)14-9-6-10-18-14/h4-5,7-8,11,14H,3,6,9-10H2,1-2H3,(H,16,17)/t11-,14-/m0/s1. The van der Waals surface area contributed by atoms with Gasteiger partial charge in [0.05, 0.1) is 0 Å². The van der Waals surface area contributed by atoms with E-state index in [1.54, 1.807) is 0 Å². The molecular weight excluding hydrogens is 226 g/mol. The normalized spacial score (nSPS) is 20.7. The Balaban J connectivity index is 2.10. The van der Waals surface area contributed by atoms with Crippen LogP contribution < -0.4 is 5.32 Å². The van der Waals surface area contributed by atoms with Crippen LogP contribution in [0.3, 0.4) is 0 Å². The van der Waals surface area contributed by atoms with Gasteiger partial charge in [-0.15, -0.1) is 0 Å². The Morgan fingerprint density at radius 3 is 2.94 bits per heavy atom. The quantitative estimate of drug-likeness (QED) is 0.886. The molecule has 0 radical (unpaired) electrons. The second kappa shape index (κ2) is 6.01. The Hall–Kier alpha value is -1.35. The highest BCUT2D eigenvalue weighted by atomic mass is 16.5. The molecule has 1 N–H and O–H groups in total. The zero-order chi connectivity index (χ0) is 13.0. The average Bonchev–Trinajstić information content (AvgIpc) is 2.92. The lowest BCUT2D eigenvalue weighted by atomic mass is 9.97. The van der Waals surface area contributed by atoms with E-state index in [1.807, 2.05) is 18.2 Å². The molecule has 0 saturated carbocycles. The van der Waals surface area contributed by atoms with Gasteiger partial charge in [-0.05, 0) is 36.8 Å². The third-order valence-electron chi connectivity index (χ3n) is 3.58. The number of carbonyl (C=O) groups is 1. The zero-order valence-corrected chi connectivity index (χ0v) is 11.1. The second-order valence-electron chi connectivity index (χ2n) is 4.89. The minimum Gasteiger partial charge on any atom is -0.368 e. The van der Waals surface area contributed by atoms with E-state index in [0.717, 1.165) is 24.9 Å². The lowest BCUT2D eigenvalue weighted by Crippen LogP contribution is -2.27. The van der Waals surface area contributed by atoms with E-state index < -0.39 is 0 Å². The highest BCUT2D eigenvalue weighted by molar-refractivity contribution is 5.95. The van der Waals surface area contributed by atoms with Gasteiger partial charge in [0, 0.05) is 12.3 Å². The van der Waals surface area contributed by atoms with Crippen molar-refractivity contribution in [3.05, 3.63) is 29.8 Å². The molecule has 0 aromatic heterocycles. The number of hydrogen-bond acceptors (Lipinski definition) is 2. The Morgan fingerprint density at radius 1 is 1.50 bits per heavy atom. The summed E-state index contributed by atoms with van der Waals surface area (Å²) >= 11 is 0. The molecule has 1 heterocycles. The number of rotatable bonds is 4. The summed E-state index contributed by atoms with van der Waals surface area (Å²) in [4.78, 5) is 12.0. The molecule has 1 amide bonds. The molecule has 0 spiro atoms. The average molecular weight is 247 g/mol. The first-order valence-electron chi connectivity index (χ1n) is 6.73. The van der Waals surface area contributed by atoms with Gasteiger partial charge in [-0.2, -0.15) is 0 Å². The first kappa shape index (κ1) is 13.1. The fourth-order valence-electron chi connectivity index (χ4n) is 2.26. The van der Waals surface area contributed by atoms with Gasteiger partial charge < -0.3 is 10.1 Å². The van der Waals surface area contributed by atoms with Gasteiger partial charge in [-0.1, -0.05) is 32.0 Å². The SMILES string of the molecule is CC[C@H](C)c1ccccc1NC(=O)[C@@H]1CCCO1. The number of hydrogen-bond donors (Lipinski definition) is 1. The van der Waals surface area contributed by atoms with E-state index in [-0.39, 0.29) is 12.0 Å². The number of anilines is 1. The van der Waals surface area contributed by atoms with Crippen LogP contribution in [-0.2, 0) is 9.53 Å². The number of benzene rings is 1. The largest absolute Gasteiger partial charge is 0.368 e. The fourth-order valence-corrected chi connectivity index (χ4v) is 2.26. The maximum Gasteiger partial charge on any atom is 0.253 e. The monoisotopic (exact) mass is 247 g/mol. The summed E-state index contributed by atoms with van der Waals surface area (Å²) in [6, 6.07) is 8.02. The third-order valence-corrected chi connectivity index (χ3v) is 3.58. The zero-order valence-electron chi connectivity index (χ0n) is 11.1. The number of para-hydroxylation sites is 1. The molecular formula is C15H21NO2. The minimum atomic E-state index is -0.269. The van der Waals surface area contributed by atoms with Crippen LogP contribution in [0.1, 0.15) is 44.6 Å². The number of ether oxygens (including phenoxy) is 1. The molecule has 1 aliphatic rings. The summed E-state index contributed by atoms with van der Waals surface area (Å²) in [5.74, 6) is 0.439. The van der Waals surface area contributed by atoms with Crippen LogP contribution in [0.15, 0.2) is 24.3 Å². The van der Waals surface area contributed by atoms with Crippen LogP contribution >= 0.6 is 0 Å². The van der Waals surface area contributed by atoms with Crippen LogP contribution in [0.25, 0.3) is 0 Å². The molecule has 1 fully saturated rings. The first-order chi connectivity index (χ1) is 8.72. The third kappa shape index (κ3) is 2.91. The summed E-state index contributed by atoms with van der Waals surface area (Å²) in [5.41, 5.74) is 2.12. The Morgan fingerprint density at radius 2 is 2.28 bits per heavy atom. The van der Waals surface area contributed by atoms with Crippen molar-refractivity contribution in [1.82, 2.24) is 0 Å². The predicted molar refractivity (Wildman–Crippen MR) is 72.8 cm³/mol. The van der Waals surface area contributed by atoms with Crippen molar-refractivity contribution in [2.24, 2.45) is 0 Å². The Kier molecular flexibility index (Phi) is 4.37. The van der Waals surface area contributed by atoms with Crippen molar-refractivity contribution < 1.29 is 9.53 Å². The lowest BCUT2D eigenvalue weighted by molar-refractivity contribution is -0.124. The van der Waals surface area contributed by atoms with E-state index >= 15 is 0 Å². The van der Waals surface area contributed by atoms with Crippen LogP contribution in [0.5, 0.6) is 0 Å². The maximum atomic E-state index is 12.0. The topological polar surface area (TPSA) is 38.3 Å². The molecule has 0 aliphatic carbocycles. The van der Waals surface area contributed by atoms with Crippen molar-refractivity contribution in [3.8, 4) is 0 Å². The van der Waals surface area contributed by atoms with E-state index in [0.29, 0.717) is 12.5 Å². The number of nitrogens with one attached hydrogen (secondary N) is 1. The molecule has 1 aromatic carbocycles. The van der Waals surface area contributed by atoms with E-state index in [1.165, 1.54) is 5.56 Å². The molecule has 18 heavy (non-hydrogen) atoms. The fraction of sp³-hybridized carbons (Fsp3) is 0.533. The van der Waals surface area contributed by atoms with Crippen LogP contribution in [0.2, 0.25) is 0 Å². The van der Waals surface area contributed by atoms with Crippen molar-refractivity contribution in [2.45, 2.75) is 45.1 Å². The molecule has 2 atom stereocenters. The molecule has 98 valence electrons. The van der Waals surface area contributed by atoms with E-state index in [9.17, 15) is 4.79 Å². The van der Waals surface area contributed by atoms with E-state index in [4.69, 9.17) is 4.74 Å². The van der Waals surface area contributed by atoms with Gasteiger partial charge in [0.15, 0.2) is 0 Å². The molecule has 3 heteroatoms. The van der Waals surface area contributed by atoms with Gasteiger partial charge >= 0.3 is 0 Å². The molecule has 0 unspecified atom stereocenters. The van der Waals surface area contributed by atoms with Crippen LogP contribution in [0, 0.1) is 0 Å². The smallest absolute Gasteiger partial charge is 0.253 e. The van der Waals surface area contributed by atoms with Gasteiger partial charge in [0.1, 0.15) is 6.10 Å². The number of amides is 1. The summed E-state index contributed by atoms with van der Waals surface area (Å²) in [6.07, 6.45) is 2.60. The molecule has 2 rings (SSSR count). The van der Waals surface area contributed by atoms with Crippen LogP contribution in [0.4, 0.5) is 5.69 Å². The predicted octanol–water partition coefficient (Wildman–Crippen LogP) is 3.32. The lowest BCUT2D eigenvalue weighted by Gasteiger charge is -2.17. The highest BCUT2D eigenvalue weighted by Crippen LogP contribution is 2.27. The summed E-state index contributed by atoms with van der Waals surface area (Å²) in [7, 11) is 0. The van der Waals surface area contributed by atoms with Gasteiger partial charge in [0.25, 0.3) is 5.91 Å². The number of carbonyl (C=O) groups excluding carboxylic acids is 1. The Bertz CT molecular complexity index is 411. The summed E-state index contributed by atoms with van der Waals surface area (Å²) < 4.78 is 5.40. The Labute approximate surface area is 109 Å². The minimum absolute atomic E-state index is 0.0109. The second-order valence-corrected chi connectivity index (χ2v) is 4.89. The van der Waals surface area contributed by atoms with E-state index in [2.05, 4.69) is 25.2 Å². The summed E-state index contributed by atoms with van der Waals surface area (Å²) in [5, 5.41) is 3.00. The maximum absolute atomic E-state index is 12.0. The van der Waals surface area contributed by atoms with Gasteiger partial charge in [-0.3, -0.25) is 4.79 Å².